The highest BCUT2D eigenvalue weighted by molar-refractivity contribution is 8.13. The van der Waals surface area contributed by atoms with Crippen LogP contribution in [0.15, 0.2) is 0 Å². The molecule has 0 unspecified atom stereocenters. The fourth-order valence-electron chi connectivity index (χ4n) is 6.50. The molecule has 0 radical (unpaired) electrons. The molecular formula is C40H80F6N2O4S2. The largest absolute Gasteiger partial charge is 0.480 e. The van der Waals surface area contributed by atoms with Crippen molar-refractivity contribution in [1.29, 1.82) is 0 Å². The van der Waals surface area contributed by atoms with Crippen LogP contribution in [0, 0.1) is 0 Å². The molecule has 0 aromatic carbocycles. The second-order valence-electron chi connectivity index (χ2n) is 15.9. The van der Waals surface area contributed by atoms with E-state index in [1.807, 2.05) is 0 Å². The molecule has 0 aliphatic carbocycles. The van der Waals surface area contributed by atoms with Gasteiger partial charge in [-0.15, -0.1) is 0 Å². The van der Waals surface area contributed by atoms with Crippen molar-refractivity contribution in [3.8, 4) is 0 Å². The maximum Gasteiger partial charge on any atom is 0.480 e. The number of rotatable bonds is 36. The summed E-state index contributed by atoms with van der Waals surface area (Å²) in [5, 5.41) is 0. The van der Waals surface area contributed by atoms with Crippen molar-refractivity contribution in [2.45, 2.75) is 230 Å². The van der Waals surface area contributed by atoms with Gasteiger partial charge in [-0.25, -0.2) is 16.8 Å². The lowest BCUT2D eigenvalue weighted by Gasteiger charge is -2.30. The second-order valence-corrected chi connectivity index (χ2v) is 19.3. The first kappa shape index (κ1) is 55.5. The Morgan fingerprint density at radius 2 is 0.519 bits per heavy atom. The monoisotopic (exact) mass is 831 g/mol. The van der Waals surface area contributed by atoms with Crippen molar-refractivity contribution in [2.24, 2.45) is 0 Å². The van der Waals surface area contributed by atoms with Crippen LogP contribution in [-0.4, -0.2) is 59.5 Å². The maximum absolute atomic E-state index is 11.4. The van der Waals surface area contributed by atoms with Gasteiger partial charge in [-0.1, -0.05) is 194 Å². The first-order valence-electron chi connectivity index (χ1n) is 21.5. The third-order valence-corrected chi connectivity index (χ3v) is 12.8. The molecule has 0 aliphatic rings. The number of halogens is 6. The lowest BCUT2D eigenvalue weighted by atomic mass is 10.0. The quantitative estimate of drug-likeness (QED) is 0.0358. The molecule has 0 heterocycles. The van der Waals surface area contributed by atoms with Crippen LogP contribution in [0.4, 0.5) is 26.3 Å². The number of hydrogen-bond donors (Lipinski definition) is 0. The second kappa shape index (κ2) is 33.4. The van der Waals surface area contributed by atoms with Crippen molar-refractivity contribution in [2.75, 3.05) is 27.2 Å². The van der Waals surface area contributed by atoms with E-state index in [2.05, 4.69) is 27.9 Å². The van der Waals surface area contributed by atoms with Crippen molar-refractivity contribution < 1.29 is 47.7 Å². The van der Waals surface area contributed by atoms with E-state index < -0.39 is 31.1 Å². The highest BCUT2D eigenvalue weighted by Gasteiger charge is 2.47. The molecule has 0 amide bonds. The first-order valence-corrected chi connectivity index (χ1v) is 24.4. The Kier molecular flexibility index (Phi) is 34.3. The Morgan fingerprint density at radius 1 is 0.352 bits per heavy atom. The maximum atomic E-state index is 11.4. The molecule has 0 aromatic heterocycles. The molecule has 0 saturated heterocycles. The topological polar surface area (TPSA) is 82.4 Å². The number of quaternary nitrogens is 1. The summed E-state index contributed by atoms with van der Waals surface area (Å²) in [6.45, 7) is 7.39. The molecule has 14 heteroatoms. The smallest absolute Gasteiger partial charge is 0.421 e. The summed E-state index contributed by atoms with van der Waals surface area (Å²) >= 11 is 0. The van der Waals surface area contributed by atoms with Gasteiger partial charge in [-0.3, -0.25) is 0 Å². The highest BCUT2D eigenvalue weighted by Crippen LogP contribution is 2.36. The molecule has 0 spiro atoms. The fourth-order valence-corrected chi connectivity index (χ4v) is 8.21. The SMILES string of the molecule is CCCCCCCCCCCCCCCCCC[N+](C)(C)CCCCCCCCCCCCCCCCCC.O=S(=O)([N-]S(=O)(=O)C(F)(F)F)C(F)(F)F. The molecular weight excluding hydrogens is 751 g/mol. The van der Waals surface area contributed by atoms with Gasteiger partial charge in [0.2, 0.25) is 0 Å². The summed E-state index contributed by atoms with van der Waals surface area (Å²) in [4.78, 5) is 0. The van der Waals surface area contributed by atoms with Crippen molar-refractivity contribution in [1.82, 2.24) is 0 Å². The zero-order valence-corrected chi connectivity index (χ0v) is 36.3. The van der Waals surface area contributed by atoms with E-state index in [9.17, 15) is 43.2 Å². The van der Waals surface area contributed by atoms with Crippen molar-refractivity contribution in [3.63, 3.8) is 0 Å². The Bertz CT molecular complexity index is 974. The molecule has 0 atom stereocenters. The summed E-state index contributed by atoms with van der Waals surface area (Å²) < 4.78 is 110. The number of nitrogens with zero attached hydrogens (tertiary/aromatic N) is 2. The third-order valence-electron chi connectivity index (χ3n) is 10.0. The van der Waals surface area contributed by atoms with Gasteiger partial charge in [-0.2, -0.15) is 26.3 Å². The average Bonchev–Trinajstić information content (AvgIpc) is 3.06. The van der Waals surface area contributed by atoms with E-state index in [0.717, 1.165) is 4.13 Å². The lowest BCUT2D eigenvalue weighted by molar-refractivity contribution is -0.890. The minimum absolute atomic E-state index is 0.778. The van der Waals surface area contributed by atoms with E-state index in [1.54, 1.807) is 0 Å². The van der Waals surface area contributed by atoms with Gasteiger partial charge < -0.3 is 8.61 Å². The van der Waals surface area contributed by atoms with Crippen molar-refractivity contribution >= 4 is 20.0 Å². The van der Waals surface area contributed by atoms with Crippen LogP contribution in [0.2, 0.25) is 0 Å². The predicted octanol–water partition coefficient (Wildman–Crippen LogP) is 14.6. The van der Waals surface area contributed by atoms with Gasteiger partial charge in [0, 0.05) is 0 Å². The first-order chi connectivity index (χ1) is 25.3. The van der Waals surface area contributed by atoms with Crippen LogP contribution >= 0.6 is 0 Å². The molecule has 0 aromatic rings. The minimum Gasteiger partial charge on any atom is -0.421 e. The van der Waals surface area contributed by atoms with Crippen LogP contribution in [0.25, 0.3) is 4.13 Å². The van der Waals surface area contributed by atoms with E-state index >= 15 is 0 Å². The van der Waals surface area contributed by atoms with Gasteiger partial charge in [-0.05, 0) is 25.7 Å². The van der Waals surface area contributed by atoms with Crippen LogP contribution in [-0.2, 0) is 20.0 Å². The fraction of sp³-hybridized carbons (Fsp3) is 1.00. The molecule has 0 aliphatic heterocycles. The van der Waals surface area contributed by atoms with Gasteiger partial charge in [0.1, 0.15) is 0 Å². The van der Waals surface area contributed by atoms with Gasteiger partial charge >= 0.3 is 11.0 Å². The Balaban J connectivity index is 0. The Hall–Kier alpha value is -0.600. The number of alkyl halides is 6. The summed E-state index contributed by atoms with van der Waals surface area (Å²) in [6.07, 6.45) is 46.9. The Morgan fingerprint density at radius 3 is 0.685 bits per heavy atom. The predicted molar refractivity (Wildman–Crippen MR) is 214 cm³/mol. The summed E-state index contributed by atoms with van der Waals surface area (Å²) in [7, 11) is -8.51. The number of unbranched alkanes of at least 4 members (excludes halogenated alkanes) is 30. The van der Waals surface area contributed by atoms with Gasteiger partial charge in [0.05, 0.1) is 27.2 Å². The van der Waals surface area contributed by atoms with E-state index in [0.29, 0.717) is 0 Å². The standard InChI is InChI=1S/C38H80N.C2F6NO4S2/c1-5-7-9-11-13-15-17-19-21-23-25-27-29-31-33-35-37-39(3,4)38-36-34-32-30-28-26-24-22-20-18-16-14-12-10-8-6-2;3-1(4,5)14(10,11)9-15(12,13)2(6,7)8/h5-38H2,1-4H3;/q+1;-1. The molecule has 328 valence electrons. The number of hydrogen-bond acceptors (Lipinski definition) is 4. The van der Waals surface area contributed by atoms with Crippen molar-refractivity contribution in [3.05, 3.63) is 4.13 Å². The summed E-state index contributed by atoms with van der Waals surface area (Å²) in [5.74, 6) is 0. The van der Waals surface area contributed by atoms with E-state index in [1.165, 1.54) is 223 Å². The molecule has 0 saturated carbocycles. The molecule has 0 N–H and O–H groups in total. The molecule has 6 nitrogen and oxygen atoms in total. The average molecular weight is 831 g/mol. The third kappa shape index (κ3) is 34.6. The normalized spacial score (nSPS) is 12.9. The van der Waals surface area contributed by atoms with E-state index in [4.69, 9.17) is 0 Å². The van der Waals surface area contributed by atoms with Crippen LogP contribution < -0.4 is 0 Å². The molecule has 0 rings (SSSR count). The zero-order chi connectivity index (χ0) is 41.2. The molecule has 54 heavy (non-hydrogen) atoms. The van der Waals surface area contributed by atoms with Gasteiger partial charge in [0.25, 0.3) is 0 Å². The summed E-state index contributed by atoms with van der Waals surface area (Å²) in [5.41, 5.74) is -12.4. The molecule has 0 bridgehead atoms. The minimum atomic E-state index is -6.72. The zero-order valence-electron chi connectivity index (χ0n) is 34.7. The number of sulfonamides is 2. The lowest BCUT2D eigenvalue weighted by Crippen LogP contribution is -2.41. The highest BCUT2D eigenvalue weighted by atomic mass is 32.3. The Labute approximate surface area is 328 Å². The van der Waals surface area contributed by atoms with Crippen LogP contribution in [0.1, 0.15) is 219 Å². The molecule has 0 fully saturated rings. The summed E-state index contributed by atoms with van der Waals surface area (Å²) in [6, 6.07) is 0. The van der Waals surface area contributed by atoms with E-state index in [-0.39, 0.29) is 0 Å². The van der Waals surface area contributed by atoms with Crippen LogP contribution in [0.5, 0.6) is 0 Å². The van der Waals surface area contributed by atoms with Crippen LogP contribution in [0.3, 0.4) is 0 Å². The van der Waals surface area contributed by atoms with Gasteiger partial charge in [0.15, 0.2) is 20.0 Å².